The van der Waals surface area contributed by atoms with Gasteiger partial charge in [0.05, 0.1) is 11.9 Å². The van der Waals surface area contributed by atoms with E-state index >= 15 is 0 Å². The number of H-pyrrole nitrogens is 1. The van der Waals surface area contributed by atoms with Crippen molar-refractivity contribution in [3.05, 3.63) is 36.0 Å². The van der Waals surface area contributed by atoms with Gasteiger partial charge in [0.2, 0.25) is 11.9 Å². The summed E-state index contributed by atoms with van der Waals surface area (Å²) in [5.74, 6) is -1.06. The van der Waals surface area contributed by atoms with Crippen LogP contribution in [0, 0.1) is 11.6 Å². The Morgan fingerprint density at radius 3 is 2.79 bits per heavy atom. The lowest BCUT2D eigenvalue weighted by atomic mass is 10.2. The van der Waals surface area contributed by atoms with Gasteiger partial charge in [-0.15, -0.1) is 0 Å². The fraction of sp³-hybridized carbons (Fsp3) is 0.312. The van der Waals surface area contributed by atoms with Crippen LogP contribution in [-0.4, -0.2) is 26.0 Å². The summed E-state index contributed by atoms with van der Waals surface area (Å²) in [5.41, 5.74) is 1.09. The Hall–Kier alpha value is -2.77. The average molecular weight is 330 g/mol. The van der Waals surface area contributed by atoms with Gasteiger partial charge in [0.25, 0.3) is 0 Å². The maximum absolute atomic E-state index is 13.7. The van der Waals surface area contributed by atoms with E-state index in [2.05, 4.69) is 30.6 Å². The van der Waals surface area contributed by atoms with Crippen LogP contribution in [0.4, 0.5) is 26.4 Å². The molecule has 1 aliphatic rings. The molecule has 1 aromatic carbocycles. The van der Waals surface area contributed by atoms with Crippen LogP contribution >= 0.6 is 0 Å². The highest BCUT2D eigenvalue weighted by atomic mass is 19.2. The molecule has 6 nitrogen and oxygen atoms in total. The summed E-state index contributed by atoms with van der Waals surface area (Å²) in [7, 11) is 0. The number of aromatic amines is 1. The number of rotatable bonds is 4. The molecule has 0 bridgehead atoms. The zero-order valence-electron chi connectivity index (χ0n) is 12.8. The molecule has 0 spiro atoms. The molecule has 0 aliphatic heterocycles. The molecule has 0 atom stereocenters. The first-order chi connectivity index (χ1) is 11.7. The van der Waals surface area contributed by atoms with Gasteiger partial charge in [-0.2, -0.15) is 9.97 Å². The number of nitrogens with zero attached hydrogens (tertiary/aromatic N) is 3. The van der Waals surface area contributed by atoms with Crippen molar-refractivity contribution in [2.24, 2.45) is 0 Å². The van der Waals surface area contributed by atoms with Crippen LogP contribution in [0.3, 0.4) is 0 Å². The summed E-state index contributed by atoms with van der Waals surface area (Å²) >= 11 is 0. The van der Waals surface area contributed by atoms with E-state index in [0.29, 0.717) is 23.2 Å². The minimum Gasteiger partial charge on any atom is -0.351 e. The van der Waals surface area contributed by atoms with E-state index < -0.39 is 11.6 Å². The van der Waals surface area contributed by atoms with E-state index in [1.54, 1.807) is 6.20 Å². The normalized spacial score (nSPS) is 15.1. The van der Waals surface area contributed by atoms with Crippen LogP contribution in [0.15, 0.2) is 24.4 Å². The minimum absolute atomic E-state index is 0.00585. The first kappa shape index (κ1) is 14.8. The van der Waals surface area contributed by atoms with Crippen LogP contribution in [0.5, 0.6) is 0 Å². The molecular formula is C16H16F2N6. The maximum atomic E-state index is 13.7. The van der Waals surface area contributed by atoms with E-state index in [0.717, 1.165) is 18.9 Å². The average Bonchev–Trinajstić information content (AvgIpc) is 3.20. The van der Waals surface area contributed by atoms with Gasteiger partial charge in [-0.1, -0.05) is 18.9 Å². The van der Waals surface area contributed by atoms with Crippen LogP contribution < -0.4 is 10.6 Å². The summed E-state index contributed by atoms with van der Waals surface area (Å²) in [5, 5.41) is 6.03. The minimum atomic E-state index is -0.951. The molecule has 0 radical (unpaired) electrons. The molecule has 8 heteroatoms. The summed E-state index contributed by atoms with van der Waals surface area (Å²) in [6.07, 6.45) is 6.30. The standard InChI is InChI=1S/C16H16F2N6/c17-10-6-3-7-11(13(10)18)21-16-22-12-8-19-15(23-14(12)24-16)20-9-4-1-2-5-9/h3,6-9H,1-2,4-5H2,(H3,19,20,21,22,23,24). The third kappa shape index (κ3) is 2.86. The molecule has 0 amide bonds. The molecule has 0 saturated heterocycles. The Kier molecular flexibility index (Phi) is 3.72. The lowest BCUT2D eigenvalue weighted by Crippen LogP contribution is -2.16. The van der Waals surface area contributed by atoms with Gasteiger partial charge in [0.15, 0.2) is 17.3 Å². The zero-order chi connectivity index (χ0) is 16.5. The topological polar surface area (TPSA) is 78.5 Å². The number of fused-ring (bicyclic) bond motifs is 1. The molecule has 1 fully saturated rings. The second kappa shape index (κ2) is 6.03. The molecule has 1 aliphatic carbocycles. The fourth-order valence-corrected chi connectivity index (χ4v) is 2.92. The molecule has 1 saturated carbocycles. The molecule has 3 aromatic rings. The number of nitrogens with one attached hydrogen (secondary N) is 3. The number of aromatic nitrogens is 4. The number of hydrogen-bond acceptors (Lipinski definition) is 5. The molecular weight excluding hydrogens is 314 g/mol. The van der Waals surface area contributed by atoms with Gasteiger partial charge in [0.1, 0.15) is 5.52 Å². The summed E-state index contributed by atoms with van der Waals surface area (Å²) < 4.78 is 27.0. The van der Waals surface area contributed by atoms with E-state index in [1.165, 1.54) is 25.0 Å². The van der Waals surface area contributed by atoms with Crippen molar-refractivity contribution in [1.82, 2.24) is 19.9 Å². The van der Waals surface area contributed by atoms with E-state index in [1.807, 2.05) is 0 Å². The third-order valence-electron chi connectivity index (χ3n) is 4.13. The number of benzene rings is 1. The molecule has 0 unspecified atom stereocenters. The lowest BCUT2D eigenvalue weighted by molar-refractivity contribution is 0.511. The van der Waals surface area contributed by atoms with Gasteiger partial charge >= 0.3 is 0 Å². The Balaban J connectivity index is 1.57. The second-order valence-corrected chi connectivity index (χ2v) is 5.87. The van der Waals surface area contributed by atoms with Crippen molar-refractivity contribution in [3.8, 4) is 0 Å². The van der Waals surface area contributed by atoms with E-state index in [-0.39, 0.29) is 11.6 Å². The number of imidazole rings is 1. The number of halogens is 2. The lowest BCUT2D eigenvalue weighted by Gasteiger charge is -2.10. The Morgan fingerprint density at radius 2 is 1.96 bits per heavy atom. The molecule has 4 rings (SSSR count). The van der Waals surface area contributed by atoms with Crippen molar-refractivity contribution in [2.45, 2.75) is 31.7 Å². The molecule has 2 heterocycles. The Bertz CT molecular complexity index is 872. The first-order valence-corrected chi connectivity index (χ1v) is 7.89. The zero-order valence-corrected chi connectivity index (χ0v) is 12.8. The summed E-state index contributed by atoms with van der Waals surface area (Å²) in [4.78, 5) is 15.9. The molecule has 24 heavy (non-hydrogen) atoms. The predicted octanol–water partition coefficient (Wildman–Crippen LogP) is 3.73. The quantitative estimate of drug-likeness (QED) is 0.679. The molecule has 3 N–H and O–H groups in total. The van der Waals surface area contributed by atoms with Crippen LogP contribution in [0.1, 0.15) is 25.7 Å². The second-order valence-electron chi connectivity index (χ2n) is 5.87. The largest absolute Gasteiger partial charge is 0.351 e. The van der Waals surface area contributed by atoms with Crippen molar-refractivity contribution in [1.29, 1.82) is 0 Å². The summed E-state index contributed by atoms with van der Waals surface area (Å²) in [6.45, 7) is 0. The molecule has 2 aromatic heterocycles. The predicted molar refractivity (Wildman–Crippen MR) is 87.2 cm³/mol. The highest BCUT2D eigenvalue weighted by Gasteiger charge is 2.16. The van der Waals surface area contributed by atoms with Crippen molar-refractivity contribution in [3.63, 3.8) is 0 Å². The van der Waals surface area contributed by atoms with E-state index in [9.17, 15) is 8.78 Å². The van der Waals surface area contributed by atoms with Gasteiger partial charge in [-0.3, -0.25) is 0 Å². The first-order valence-electron chi connectivity index (χ1n) is 7.89. The smallest absolute Gasteiger partial charge is 0.225 e. The van der Waals surface area contributed by atoms with Crippen LogP contribution in [0.2, 0.25) is 0 Å². The maximum Gasteiger partial charge on any atom is 0.225 e. The summed E-state index contributed by atoms with van der Waals surface area (Å²) in [6, 6.07) is 4.32. The van der Waals surface area contributed by atoms with Crippen molar-refractivity contribution < 1.29 is 8.78 Å². The molecule has 124 valence electrons. The van der Waals surface area contributed by atoms with Crippen molar-refractivity contribution in [2.75, 3.05) is 10.6 Å². The number of hydrogen-bond donors (Lipinski definition) is 3. The van der Waals surface area contributed by atoms with Crippen molar-refractivity contribution >= 4 is 28.7 Å². The Labute approximate surface area is 136 Å². The number of anilines is 3. The van der Waals surface area contributed by atoms with Crippen LogP contribution in [0.25, 0.3) is 11.2 Å². The Morgan fingerprint density at radius 1 is 1.12 bits per heavy atom. The van der Waals surface area contributed by atoms with Crippen LogP contribution in [-0.2, 0) is 0 Å². The monoisotopic (exact) mass is 330 g/mol. The van der Waals surface area contributed by atoms with Gasteiger partial charge in [-0.05, 0) is 25.0 Å². The highest BCUT2D eigenvalue weighted by Crippen LogP contribution is 2.23. The van der Waals surface area contributed by atoms with Gasteiger partial charge < -0.3 is 15.6 Å². The third-order valence-corrected chi connectivity index (χ3v) is 4.13. The van der Waals surface area contributed by atoms with E-state index in [4.69, 9.17) is 0 Å². The SMILES string of the molecule is Fc1cccc(Nc2nc3nc(NC4CCCC4)ncc3[nH]2)c1F. The van der Waals surface area contributed by atoms with Gasteiger partial charge in [0, 0.05) is 6.04 Å². The highest BCUT2D eigenvalue weighted by molar-refractivity contribution is 5.74. The fourth-order valence-electron chi connectivity index (χ4n) is 2.92. The van der Waals surface area contributed by atoms with Gasteiger partial charge in [-0.25, -0.2) is 13.8 Å².